The van der Waals surface area contributed by atoms with E-state index in [-0.39, 0.29) is 30.7 Å². The first kappa shape index (κ1) is 16.8. The molecule has 0 bridgehead atoms. The fraction of sp³-hybridized carbons (Fsp3) is 0.588. The fourth-order valence-electron chi connectivity index (χ4n) is 2.08. The minimum Gasteiger partial charge on any atom is -0.371 e. The topological polar surface area (TPSA) is 26.3 Å². The number of Topliss-reactive ketones (excluding diaryl/α,β-unsaturated/α-hetero) is 1. The molecule has 0 spiro atoms. The zero-order valence-electron chi connectivity index (χ0n) is 12.5. The predicted octanol–water partition coefficient (Wildman–Crippen LogP) is 4.31. The Morgan fingerprint density at radius 1 is 1.25 bits per heavy atom. The lowest BCUT2D eigenvalue weighted by molar-refractivity contribution is -0.124. The molecule has 1 rings (SSSR count). The number of hydrogen-bond acceptors (Lipinski definition) is 2. The largest absolute Gasteiger partial charge is 0.371 e. The highest BCUT2D eigenvalue weighted by atomic mass is 19.1. The predicted molar refractivity (Wildman–Crippen MR) is 79.3 cm³/mol. The molecule has 0 saturated heterocycles. The second kappa shape index (κ2) is 9.65. The molecule has 20 heavy (non-hydrogen) atoms. The number of carbonyl (C=O) groups excluding carboxylic acids is 1. The molecule has 3 heteroatoms. The van der Waals surface area contributed by atoms with E-state index in [1.165, 1.54) is 25.3 Å². The molecule has 0 N–H and O–H groups in total. The summed E-state index contributed by atoms with van der Waals surface area (Å²) in [6.07, 6.45) is 6.00. The second-order valence-corrected chi connectivity index (χ2v) is 5.28. The Kier molecular flexibility index (Phi) is 8.12. The number of hydrogen-bond donors (Lipinski definition) is 0. The molecule has 0 aliphatic rings. The molecule has 0 amide bonds. The van der Waals surface area contributed by atoms with Gasteiger partial charge in [-0.15, -0.1) is 0 Å². The molecule has 1 aromatic rings. The Morgan fingerprint density at radius 3 is 2.70 bits per heavy atom. The van der Waals surface area contributed by atoms with Gasteiger partial charge < -0.3 is 4.74 Å². The van der Waals surface area contributed by atoms with E-state index in [1.54, 1.807) is 18.2 Å². The van der Waals surface area contributed by atoms with Gasteiger partial charge in [-0.05, 0) is 25.0 Å². The lowest BCUT2D eigenvalue weighted by Crippen LogP contribution is -2.17. The molecule has 0 saturated carbocycles. The van der Waals surface area contributed by atoms with Crippen LogP contribution in [0.15, 0.2) is 24.3 Å². The molecule has 1 atom stereocenters. The summed E-state index contributed by atoms with van der Waals surface area (Å²) >= 11 is 0. The van der Waals surface area contributed by atoms with Crippen LogP contribution < -0.4 is 0 Å². The van der Waals surface area contributed by atoms with Gasteiger partial charge in [-0.2, -0.15) is 0 Å². The zero-order chi connectivity index (χ0) is 14.8. The zero-order valence-corrected chi connectivity index (χ0v) is 12.5. The first-order chi connectivity index (χ1) is 9.63. The number of carbonyl (C=O) groups is 1. The van der Waals surface area contributed by atoms with Crippen molar-refractivity contribution in [3.05, 3.63) is 35.6 Å². The van der Waals surface area contributed by atoms with Gasteiger partial charge >= 0.3 is 0 Å². The van der Waals surface area contributed by atoms with Crippen LogP contribution in [0.25, 0.3) is 0 Å². The van der Waals surface area contributed by atoms with Crippen molar-refractivity contribution in [3.63, 3.8) is 0 Å². The molecular formula is C17H25FO2. The molecular weight excluding hydrogens is 255 g/mol. The van der Waals surface area contributed by atoms with Crippen molar-refractivity contribution in [1.82, 2.24) is 0 Å². The number of rotatable bonds is 10. The second-order valence-electron chi connectivity index (χ2n) is 5.28. The van der Waals surface area contributed by atoms with E-state index < -0.39 is 0 Å². The number of ether oxygens (including phenoxy) is 1. The van der Waals surface area contributed by atoms with Crippen LogP contribution >= 0.6 is 0 Å². The van der Waals surface area contributed by atoms with Crippen LogP contribution in [-0.4, -0.2) is 18.5 Å². The van der Waals surface area contributed by atoms with Crippen molar-refractivity contribution in [2.75, 3.05) is 6.61 Å². The van der Waals surface area contributed by atoms with Gasteiger partial charge in [0.05, 0.1) is 6.10 Å². The number of halogens is 1. The number of unbranched alkanes of at least 4 members (excludes halogenated alkanes) is 3. The third-order valence-electron chi connectivity index (χ3n) is 3.34. The summed E-state index contributed by atoms with van der Waals surface area (Å²) in [4.78, 5) is 11.8. The van der Waals surface area contributed by atoms with Crippen LogP contribution in [0, 0.1) is 5.82 Å². The summed E-state index contributed by atoms with van der Waals surface area (Å²) in [5.41, 5.74) is 0.441. The van der Waals surface area contributed by atoms with Crippen molar-refractivity contribution < 1.29 is 13.9 Å². The summed E-state index contributed by atoms with van der Waals surface area (Å²) in [6, 6.07) is 6.38. The van der Waals surface area contributed by atoms with Gasteiger partial charge in [-0.1, -0.05) is 50.8 Å². The van der Waals surface area contributed by atoms with Crippen LogP contribution in [0.2, 0.25) is 0 Å². The Morgan fingerprint density at radius 2 is 2.00 bits per heavy atom. The van der Waals surface area contributed by atoms with Gasteiger partial charge in [0.2, 0.25) is 0 Å². The van der Waals surface area contributed by atoms with E-state index in [0.717, 1.165) is 12.8 Å². The third kappa shape index (κ3) is 6.80. The number of ketones is 1. The Balaban J connectivity index is 2.21. The summed E-state index contributed by atoms with van der Waals surface area (Å²) in [5, 5.41) is 0. The first-order valence-corrected chi connectivity index (χ1v) is 7.50. The van der Waals surface area contributed by atoms with Gasteiger partial charge in [0.25, 0.3) is 0 Å². The first-order valence-electron chi connectivity index (χ1n) is 7.50. The lowest BCUT2D eigenvalue weighted by atomic mass is 10.1. The highest BCUT2D eigenvalue weighted by Crippen LogP contribution is 2.10. The van der Waals surface area contributed by atoms with E-state index in [9.17, 15) is 9.18 Å². The highest BCUT2D eigenvalue weighted by molar-refractivity contribution is 5.82. The molecule has 0 radical (unpaired) electrons. The van der Waals surface area contributed by atoms with E-state index in [2.05, 4.69) is 6.92 Å². The Hall–Kier alpha value is -1.22. The molecule has 1 unspecified atom stereocenters. The van der Waals surface area contributed by atoms with Gasteiger partial charge in [0.15, 0.2) is 5.78 Å². The quantitative estimate of drug-likeness (QED) is 0.597. The average molecular weight is 280 g/mol. The maximum Gasteiger partial charge on any atom is 0.162 e. The van der Waals surface area contributed by atoms with Crippen molar-refractivity contribution in [2.45, 2.75) is 58.5 Å². The van der Waals surface area contributed by atoms with Crippen molar-refractivity contribution >= 4 is 5.78 Å². The van der Waals surface area contributed by atoms with Gasteiger partial charge in [0.1, 0.15) is 12.4 Å². The summed E-state index contributed by atoms with van der Waals surface area (Å²) in [6.45, 7) is 4.24. The maximum absolute atomic E-state index is 13.4. The number of benzene rings is 1. The molecule has 0 aromatic heterocycles. The summed E-state index contributed by atoms with van der Waals surface area (Å²) in [5.74, 6) is -0.399. The van der Waals surface area contributed by atoms with E-state index in [4.69, 9.17) is 4.74 Å². The highest BCUT2D eigenvalue weighted by Gasteiger charge is 2.10. The monoisotopic (exact) mass is 280 g/mol. The Bertz CT molecular complexity index is 404. The molecule has 0 aliphatic heterocycles. The molecule has 0 fully saturated rings. The summed E-state index contributed by atoms with van der Waals surface area (Å²) < 4.78 is 18.9. The van der Waals surface area contributed by atoms with Crippen molar-refractivity contribution in [3.8, 4) is 0 Å². The average Bonchev–Trinajstić information content (AvgIpc) is 2.44. The Labute approximate surface area is 121 Å². The maximum atomic E-state index is 13.4. The standard InChI is InChI=1S/C17H25FO2/c1-3-4-5-6-9-14(2)20-13-16(19)12-15-10-7-8-11-17(15)18/h7-8,10-11,14H,3-6,9,12-13H2,1-2H3. The molecule has 112 valence electrons. The van der Waals surface area contributed by atoms with Crippen molar-refractivity contribution in [2.24, 2.45) is 0 Å². The molecule has 0 aliphatic carbocycles. The van der Waals surface area contributed by atoms with Crippen LogP contribution in [0.1, 0.15) is 51.5 Å². The van der Waals surface area contributed by atoms with E-state index in [1.807, 2.05) is 6.92 Å². The van der Waals surface area contributed by atoms with E-state index >= 15 is 0 Å². The third-order valence-corrected chi connectivity index (χ3v) is 3.34. The van der Waals surface area contributed by atoms with Gasteiger partial charge in [-0.25, -0.2) is 4.39 Å². The molecule has 2 nitrogen and oxygen atoms in total. The van der Waals surface area contributed by atoms with Crippen LogP contribution in [-0.2, 0) is 16.0 Å². The van der Waals surface area contributed by atoms with Gasteiger partial charge in [-0.3, -0.25) is 4.79 Å². The van der Waals surface area contributed by atoms with Crippen LogP contribution in [0.5, 0.6) is 0 Å². The minimum atomic E-state index is -0.325. The van der Waals surface area contributed by atoms with Crippen LogP contribution in [0.3, 0.4) is 0 Å². The van der Waals surface area contributed by atoms with Crippen molar-refractivity contribution in [1.29, 1.82) is 0 Å². The smallest absolute Gasteiger partial charge is 0.162 e. The lowest BCUT2D eigenvalue weighted by Gasteiger charge is -2.12. The molecule has 1 aromatic carbocycles. The summed E-state index contributed by atoms with van der Waals surface area (Å²) in [7, 11) is 0. The SMILES string of the molecule is CCCCCCC(C)OCC(=O)Cc1ccccc1F. The molecule has 0 heterocycles. The van der Waals surface area contributed by atoms with Crippen LogP contribution in [0.4, 0.5) is 4.39 Å². The minimum absolute atomic E-state index is 0.0727. The normalized spacial score (nSPS) is 12.3. The van der Waals surface area contributed by atoms with E-state index in [0.29, 0.717) is 5.56 Å². The fourth-order valence-corrected chi connectivity index (χ4v) is 2.08. The van der Waals surface area contributed by atoms with Gasteiger partial charge in [0, 0.05) is 6.42 Å².